The topological polar surface area (TPSA) is 32.3 Å². The van der Waals surface area contributed by atoms with Gasteiger partial charge in [0.1, 0.15) is 5.37 Å². The van der Waals surface area contributed by atoms with Crippen LogP contribution in [0.15, 0.2) is 42.5 Å². The van der Waals surface area contributed by atoms with Crippen LogP contribution in [-0.2, 0) is 6.42 Å². The van der Waals surface area contributed by atoms with Crippen molar-refractivity contribution in [3.63, 3.8) is 0 Å². The normalized spacial score (nSPS) is 17.1. The molecule has 1 atom stereocenters. The van der Waals surface area contributed by atoms with Gasteiger partial charge in [-0.15, -0.1) is 11.8 Å². The second-order valence-corrected chi connectivity index (χ2v) is 7.55. The summed E-state index contributed by atoms with van der Waals surface area (Å²) in [5, 5.41) is 4.13. The summed E-state index contributed by atoms with van der Waals surface area (Å²) in [4.78, 5) is 14.6. The molecule has 2 amide bonds. The fourth-order valence-electron chi connectivity index (χ4n) is 2.77. The number of hydrogen-bond donors (Lipinski definition) is 1. The third-order valence-corrected chi connectivity index (χ3v) is 5.83. The molecule has 0 aromatic heterocycles. The summed E-state index contributed by atoms with van der Waals surface area (Å²) in [5.74, 6) is 0.881. The van der Waals surface area contributed by atoms with Gasteiger partial charge >= 0.3 is 6.03 Å². The lowest BCUT2D eigenvalue weighted by atomic mass is 10.1. The van der Waals surface area contributed by atoms with Crippen LogP contribution in [0.3, 0.4) is 0 Å². The van der Waals surface area contributed by atoms with Crippen molar-refractivity contribution in [3.05, 3.63) is 63.6 Å². The Hall–Kier alpha value is -1.36. The monoisotopic (exact) mass is 380 g/mol. The van der Waals surface area contributed by atoms with Crippen LogP contribution in [0.5, 0.6) is 0 Å². The number of carbonyl (C=O) groups excluding carboxylic acids is 1. The van der Waals surface area contributed by atoms with E-state index in [1.807, 2.05) is 41.3 Å². The van der Waals surface area contributed by atoms with Crippen molar-refractivity contribution in [1.82, 2.24) is 4.90 Å². The Labute approximate surface area is 156 Å². The molecule has 1 saturated heterocycles. The number of anilines is 1. The predicted octanol–water partition coefficient (Wildman–Crippen LogP) is 5.84. The molecular formula is C18H18Cl2N2OS. The minimum atomic E-state index is -0.100. The van der Waals surface area contributed by atoms with Gasteiger partial charge < -0.3 is 10.2 Å². The van der Waals surface area contributed by atoms with E-state index in [1.165, 1.54) is 0 Å². The number of hydrogen-bond acceptors (Lipinski definition) is 2. The number of nitrogens with one attached hydrogen (secondary N) is 1. The van der Waals surface area contributed by atoms with Crippen molar-refractivity contribution in [2.75, 3.05) is 17.6 Å². The smallest absolute Gasteiger partial charge is 0.308 e. The van der Waals surface area contributed by atoms with E-state index in [0.29, 0.717) is 16.6 Å². The highest BCUT2D eigenvalue weighted by atomic mass is 35.5. The molecule has 0 bridgehead atoms. The minimum absolute atomic E-state index is 0.0939. The number of thioether (sulfide) groups is 1. The number of amides is 2. The minimum Gasteiger partial charge on any atom is -0.308 e. The molecule has 0 saturated carbocycles. The van der Waals surface area contributed by atoms with Crippen molar-refractivity contribution in [3.8, 4) is 0 Å². The number of rotatable bonds is 3. The average Bonchev–Trinajstić information content (AvgIpc) is 3.05. The highest BCUT2D eigenvalue weighted by molar-refractivity contribution is 7.99. The number of urea groups is 1. The molecule has 2 aromatic rings. The maximum Gasteiger partial charge on any atom is 0.323 e. The van der Waals surface area contributed by atoms with Crippen LogP contribution in [-0.4, -0.2) is 23.2 Å². The van der Waals surface area contributed by atoms with Crippen molar-refractivity contribution < 1.29 is 4.79 Å². The average molecular weight is 381 g/mol. The Morgan fingerprint density at radius 3 is 2.83 bits per heavy atom. The summed E-state index contributed by atoms with van der Waals surface area (Å²) >= 11 is 14.0. The highest BCUT2D eigenvalue weighted by Gasteiger charge is 2.32. The van der Waals surface area contributed by atoms with Crippen LogP contribution >= 0.6 is 35.0 Å². The molecule has 0 aliphatic carbocycles. The maximum absolute atomic E-state index is 12.8. The molecule has 0 radical (unpaired) electrons. The molecule has 6 heteroatoms. The van der Waals surface area contributed by atoms with Crippen molar-refractivity contribution in [2.45, 2.75) is 18.7 Å². The van der Waals surface area contributed by atoms with Crippen molar-refractivity contribution in [1.29, 1.82) is 0 Å². The number of aryl methyl sites for hydroxylation is 1. The zero-order valence-electron chi connectivity index (χ0n) is 13.3. The number of benzene rings is 2. The van der Waals surface area contributed by atoms with E-state index in [0.717, 1.165) is 29.0 Å². The Kier molecular flexibility index (Phi) is 5.59. The van der Waals surface area contributed by atoms with Crippen LogP contribution in [0.25, 0.3) is 0 Å². The van der Waals surface area contributed by atoms with E-state index in [4.69, 9.17) is 23.2 Å². The van der Waals surface area contributed by atoms with Gasteiger partial charge in [0.15, 0.2) is 0 Å². The van der Waals surface area contributed by atoms with Gasteiger partial charge in [-0.05, 0) is 30.2 Å². The van der Waals surface area contributed by atoms with Crippen LogP contribution in [0, 0.1) is 0 Å². The van der Waals surface area contributed by atoms with E-state index < -0.39 is 0 Å². The first-order valence-electron chi connectivity index (χ1n) is 7.82. The summed E-state index contributed by atoms with van der Waals surface area (Å²) in [6.45, 7) is 2.77. The molecule has 1 heterocycles. The zero-order chi connectivity index (χ0) is 17.1. The second kappa shape index (κ2) is 7.68. The zero-order valence-corrected chi connectivity index (χ0v) is 15.6. The Bertz CT molecular complexity index is 754. The SMILES string of the molecule is CCc1ccccc1NC(=O)N1CCSC1c1ccc(Cl)cc1Cl. The van der Waals surface area contributed by atoms with Gasteiger partial charge in [0.25, 0.3) is 0 Å². The van der Waals surface area contributed by atoms with Gasteiger partial charge in [0, 0.05) is 33.6 Å². The predicted molar refractivity (Wildman–Crippen MR) is 103 cm³/mol. The molecule has 1 unspecified atom stereocenters. The molecule has 3 rings (SSSR count). The number of carbonyl (C=O) groups is 1. The first kappa shape index (κ1) is 17.5. The summed E-state index contributed by atoms with van der Waals surface area (Å²) in [6.07, 6.45) is 0.873. The quantitative estimate of drug-likeness (QED) is 0.725. The standard InChI is InChI=1S/C18H18Cl2N2OS/c1-2-12-5-3-4-6-16(12)21-18(23)22-9-10-24-17(22)14-8-7-13(19)11-15(14)20/h3-8,11,17H,2,9-10H2,1H3,(H,21,23). The largest absolute Gasteiger partial charge is 0.323 e. The molecule has 1 N–H and O–H groups in total. The van der Waals surface area contributed by atoms with Gasteiger partial charge in [-0.2, -0.15) is 0 Å². The molecule has 126 valence electrons. The summed E-state index contributed by atoms with van der Waals surface area (Å²) in [7, 11) is 0. The van der Waals surface area contributed by atoms with E-state index in [9.17, 15) is 4.79 Å². The molecule has 2 aromatic carbocycles. The lowest BCUT2D eigenvalue weighted by molar-refractivity contribution is 0.214. The summed E-state index contributed by atoms with van der Waals surface area (Å²) in [5.41, 5.74) is 2.91. The van der Waals surface area contributed by atoms with Gasteiger partial charge in [0.05, 0.1) is 0 Å². The molecule has 0 spiro atoms. The fraction of sp³-hybridized carbons (Fsp3) is 0.278. The van der Waals surface area contributed by atoms with E-state index in [1.54, 1.807) is 17.8 Å². The highest BCUT2D eigenvalue weighted by Crippen LogP contribution is 2.41. The molecule has 1 aliphatic heterocycles. The first-order valence-corrected chi connectivity index (χ1v) is 9.62. The third-order valence-electron chi connectivity index (χ3n) is 4.02. The van der Waals surface area contributed by atoms with Crippen LogP contribution in [0.1, 0.15) is 23.4 Å². The first-order chi connectivity index (χ1) is 11.6. The van der Waals surface area contributed by atoms with Crippen molar-refractivity contribution >= 4 is 46.7 Å². The summed E-state index contributed by atoms with van der Waals surface area (Å²) < 4.78 is 0. The van der Waals surface area contributed by atoms with Gasteiger partial charge in [-0.1, -0.05) is 54.4 Å². The number of para-hydroxylation sites is 1. The molecular weight excluding hydrogens is 363 g/mol. The Morgan fingerprint density at radius 2 is 2.08 bits per heavy atom. The summed E-state index contributed by atoms with van der Waals surface area (Å²) in [6, 6.07) is 13.2. The fourth-order valence-corrected chi connectivity index (χ4v) is 4.64. The Morgan fingerprint density at radius 1 is 1.29 bits per heavy atom. The van der Waals surface area contributed by atoms with Gasteiger partial charge in [-0.25, -0.2) is 4.79 Å². The van der Waals surface area contributed by atoms with Crippen LogP contribution in [0.2, 0.25) is 10.0 Å². The van der Waals surface area contributed by atoms with Crippen LogP contribution in [0.4, 0.5) is 10.5 Å². The molecule has 24 heavy (non-hydrogen) atoms. The van der Waals surface area contributed by atoms with Gasteiger partial charge in [0.2, 0.25) is 0 Å². The van der Waals surface area contributed by atoms with Crippen molar-refractivity contribution in [2.24, 2.45) is 0 Å². The lowest BCUT2D eigenvalue weighted by Gasteiger charge is -2.25. The van der Waals surface area contributed by atoms with E-state index in [2.05, 4.69) is 12.2 Å². The number of nitrogens with zero attached hydrogens (tertiary/aromatic N) is 1. The molecule has 1 aliphatic rings. The lowest BCUT2D eigenvalue weighted by Crippen LogP contribution is -2.34. The van der Waals surface area contributed by atoms with Crippen LogP contribution < -0.4 is 5.32 Å². The third kappa shape index (κ3) is 3.66. The number of halogens is 2. The van der Waals surface area contributed by atoms with E-state index in [-0.39, 0.29) is 11.4 Å². The maximum atomic E-state index is 12.8. The molecule has 3 nitrogen and oxygen atoms in total. The van der Waals surface area contributed by atoms with E-state index >= 15 is 0 Å². The second-order valence-electron chi connectivity index (χ2n) is 5.52. The molecule has 1 fully saturated rings. The Balaban J connectivity index is 1.81. The van der Waals surface area contributed by atoms with Gasteiger partial charge in [-0.3, -0.25) is 0 Å².